The lowest BCUT2D eigenvalue weighted by Gasteiger charge is -2.22. The van der Waals surface area contributed by atoms with Gasteiger partial charge in [-0.3, -0.25) is 9.97 Å². The van der Waals surface area contributed by atoms with Crippen LogP contribution in [0, 0.1) is 11.3 Å². The van der Waals surface area contributed by atoms with Gasteiger partial charge in [-0.2, -0.15) is 18.4 Å². The molecule has 8 aromatic carbocycles. The van der Waals surface area contributed by atoms with Crippen molar-refractivity contribution >= 4 is 43.6 Å². The third-order valence-corrected chi connectivity index (χ3v) is 12.9. The molecule has 0 saturated carbocycles. The maximum Gasteiger partial charge on any atom is 0.418 e. The molecule has 0 aliphatic heterocycles. The summed E-state index contributed by atoms with van der Waals surface area (Å²) in [5, 5.41) is 13.6. The van der Waals surface area contributed by atoms with Gasteiger partial charge in [0.25, 0.3) is 0 Å². The molecule has 12 rings (SSSR count). The molecule has 0 amide bonds. The van der Waals surface area contributed by atoms with E-state index in [1.165, 1.54) is 6.07 Å². The summed E-state index contributed by atoms with van der Waals surface area (Å²) < 4.78 is 52.5. The Bertz CT molecular complexity index is 3970. The smallest absolute Gasteiger partial charge is 0.309 e. The summed E-state index contributed by atoms with van der Waals surface area (Å²) in [4.78, 5) is 9.29. The summed E-state index contributed by atoms with van der Waals surface area (Å²) in [6, 6.07) is 67.5. The lowest BCUT2D eigenvalue weighted by Crippen LogP contribution is -2.13. The van der Waals surface area contributed by atoms with Gasteiger partial charge in [0.05, 0.1) is 62.0 Å². The lowest BCUT2D eigenvalue weighted by molar-refractivity contribution is -0.137. The molecule has 0 aliphatic carbocycles. The number of hydrogen-bond acceptors (Lipinski definition) is 3. The second-order valence-electron chi connectivity index (χ2n) is 16.8. The Kier molecular flexibility index (Phi) is 9.59. The quantitative estimate of drug-likeness (QED) is 0.160. The average Bonchev–Trinajstić information content (AvgIpc) is 3.90. The fraction of sp³-hybridized carbons (Fsp3) is 0.0167. The number of aromatic nitrogens is 4. The molecule has 0 spiro atoms. The summed E-state index contributed by atoms with van der Waals surface area (Å²) in [5.41, 5.74) is 10.8. The van der Waals surface area contributed by atoms with Crippen LogP contribution in [0.4, 0.5) is 13.2 Å². The Morgan fingerprint density at radius 3 is 1.38 bits per heavy atom. The topological polar surface area (TPSA) is 59.4 Å². The van der Waals surface area contributed by atoms with Crippen molar-refractivity contribution < 1.29 is 13.2 Å². The van der Waals surface area contributed by atoms with Crippen LogP contribution in [0.2, 0.25) is 0 Å². The number of rotatable bonds is 7. The molecule has 12 aromatic rings. The molecule has 0 aliphatic rings. The summed E-state index contributed by atoms with van der Waals surface area (Å²) in [5.74, 6) is 0. The van der Waals surface area contributed by atoms with E-state index in [0.29, 0.717) is 33.4 Å². The Balaban J connectivity index is 1.14. The van der Waals surface area contributed by atoms with Gasteiger partial charge in [0.1, 0.15) is 0 Å². The monoisotopic (exact) mass is 883 g/mol. The van der Waals surface area contributed by atoms with Crippen LogP contribution in [-0.4, -0.2) is 19.1 Å². The Hall–Kier alpha value is -9.06. The van der Waals surface area contributed by atoms with Crippen LogP contribution in [0.3, 0.4) is 0 Å². The Morgan fingerprint density at radius 1 is 0.382 bits per heavy atom. The van der Waals surface area contributed by atoms with Crippen LogP contribution in [0.5, 0.6) is 0 Å². The molecule has 4 aromatic heterocycles. The highest BCUT2D eigenvalue weighted by Crippen LogP contribution is 2.46. The van der Waals surface area contributed by atoms with E-state index in [2.05, 4.69) is 22.1 Å². The molecule has 5 nitrogen and oxygen atoms in total. The van der Waals surface area contributed by atoms with Crippen molar-refractivity contribution in [3.8, 4) is 73.3 Å². The van der Waals surface area contributed by atoms with Gasteiger partial charge in [0.15, 0.2) is 0 Å². The van der Waals surface area contributed by atoms with Gasteiger partial charge in [-0.25, -0.2) is 0 Å². The maximum atomic E-state index is 16.3. The minimum absolute atomic E-state index is 0.0339. The molecule has 4 heterocycles. The summed E-state index contributed by atoms with van der Waals surface area (Å²) >= 11 is 0. The van der Waals surface area contributed by atoms with E-state index in [0.717, 1.165) is 77.3 Å². The normalized spacial score (nSPS) is 11.7. The molecule has 0 saturated heterocycles. The number of hydrogen-bond donors (Lipinski definition) is 0. The molecule has 0 fully saturated rings. The largest absolute Gasteiger partial charge is 0.418 e. The first-order valence-electron chi connectivity index (χ1n) is 22.2. The third-order valence-electron chi connectivity index (χ3n) is 12.9. The van der Waals surface area contributed by atoms with Gasteiger partial charge < -0.3 is 9.13 Å². The predicted molar refractivity (Wildman–Crippen MR) is 268 cm³/mol. The van der Waals surface area contributed by atoms with Gasteiger partial charge in [0.2, 0.25) is 0 Å². The molecular formula is C60H36F3N5. The molecule has 0 atom stereocenters. The van der Waals surface area contributed by atoms with E-state index < -0.39 is 11.7 Å². The van der Waals surface area contributed by atoms with E-state index in [1.54, 1.807) is 41.2 Å². The first-order chi connectivity index (χ1) is 33.3. The van der Waals surface area contributed by atoms with Crippen LogP contribution in [0.1, 0.15) is 11.1 Å². The number of para-hydroxylation sites is 2. The number of alkyl halides is 3. The van der Waals surface area contributed by atoms with Crippen LogP contribution < -0.4 is 0 Å². The minimum atomic E-state index is -4.79. The highest BCUT2D eigenvalue weighted by Gasteiger charge is 2.37. The van der Waals surface area contributed by atoms with Gasteiger partial charge in [0, 0.05) is 50.6 Å². The minimum Gasteiger partial charge on any atom is -0.309 e. The highest BCUT2D eigenvalue weighted by molar-refractivity contribution is 6.12. The molecule has 0 N–H and O–H groups in total. The summed E-state index contributed by atoms with van der Waals surface area (Å²) in [7, 11) is 0. The summed E-state index contributed by atoms with van der Waals surface area (Å²) in [6.45, 7) is 0. The fourth-order valence-electron chi connectivity index (χ4n) is 9.73. The number of fused-ring (bicyclic) bond motifs is 6. The Labute approximate surface area is 388 Å². The number of halogens is 3. The molecule has 0 bridgehead atoms. The molecule has 0 radical (unpaired) electrons. The zero-order valence-corrected chi connectivity index (χ0v) is 36.2. The predicted octanol–water partition coefficient (Wildman–Crippen LogP) is 15.9. The number of benzene rings is 8. The number of nitriles is 1. The van der Waals surface area contributed by atoms with Crippen molar-refractivity contribution in [1.29, 1.82) is 5.26 Å². The zero-order valence-electron chi connectivity index (χ0n) is 36.2. The van der Waals surface area contributed by atoms with Gasteiger partial charge in [-0.05, 0) is 101 Å². The van der Waals surface area contributed by atoms with Gasteiger partial charge in [-0.15, -0.1) is 0 Å². The van der Waals surface area contributed by atoms with Crippen LogP contribution >= 0.6 is 0 Å². The van der Waals surface area contributed by atoms with Crippen molar-refractivity contribution in [2.24, 2.45) is 0 Å². The van der Waals surface area contributed by atoms with Crippen molar-refractivity contribution in [1.82, 2.24) is 19.1 Å². The van der Waals surface area contributed by atoms with Crippen molar-refractivity contribution in [3.05, 3.63) is 230 Å². The van der Waals surface area contributed by atoms with Gasteiger partial charge >= 0.3 is 6.18 Å². The number of pyridine rings is 2. The van der Waals surface area contributed by atoms with Crippen LogP contribution in [-0.2, 0) is 6.18 Å². The van der Waals surface area contributed by atoms with E-state index in [1.807, 2.05) is 174 Å². The lowest BCUT2D eigenvalue weighted by atomic mass is 9.97. The van der Waals surface area contributed by atoms with E-state index in [9.17, 15) is 5.26 Å². The van der Waals surface area contributed by atoms with E-state index in [4.69, 9.17) is 0 Å². The molecule has 68 heavy (non-hydrogen) atoms. The number of nitrogens with zero attached hydrogens (tertiary/aromatic N) is 5. The van der Waals surface area contributed by atoms with Crippen LogP contribution in [0.15, 0.2) is 219 Å². The molecule has 0 unspecified atom stereocenters. The van der Waals surface area contributed by atoms with Crippen LogP contribution in [0.25, 0.3) is 111 Å². The zero-order chi connectivity index (χ0) is 45.9. The standard InChI is InChI=1S/C60H36F3N5/c61-60(62,63)51-36-58(67-54-20-9-7-18-46(54)48-24-22-41(33-56(48)67)43-26-28-65-52(31-43)39-13-3-1-4-14-39)50(45-17-11-12-38(30-45)37-64)35-59(51)68-55-21-10-8-19-47(55)49-25-23-42(34-57(49)68)44-27-29-66-53(32-44)40-15-5-2-6-16-40/h1-36H. The second-order valence-corrected chi connectivity index (χ2v) is 16.8. The van der Waals surface area contributed by atoms with Crippen molar-refractivity contribution in [2.45, 2.75) is 6.18 Å². The fourth-order valence-corrected chi connectivity index (χ4v) is 9.73. The third kappa shape index (κ3) is 6.88. The van der Waals surface area contributed by atoms with E-state index in [-0.39, 0.29) is 5.69 Å². The summed E-state index contributed by atoms with van der Waals surface area (Å²) in [6.07, 6.45) is -1.25. The maximum absolute atomic E-state index is 16.3. The first-order valence-corrected chi connectivity index (χ1v) is 22.2. The Morgan fingerprint density at radius 2 is 0.853 bits per heavy atom. The molecular weight excluding hydrogens is 848 g/mol. The van der Waals surface area contributed by atoms with Crippen molar-refractivity contribution in [2.75, 3.05) is 0 Å². The SMILES string of the molecule is N#Cc1cccc(-c2cc(-n3c4ccccc4c4ccc(-c5ccnc(-c6ccccc6)c5)cc43)c(C(F)(F)F)cc2-n2c3ccccc3c3ccc(-c4ccnc(-c5ccccc5)c4)cc32)c1. The highest BCUT2D eigenvalue weighted by atomic mass is 19.4. The van der Waals surface area contributed by atoms with E-state index >= 15 is 13.2 Å². The van der Waals surface area contributed by atoms with Gasteiger partial charge in [-0.1, -0.05) is 133 Å². The molecule has 8 heteroatoms. The van der Waals surface area contributed by atoms with Crippen molar-refractivity contribution in [3.63, 3.8) is 0 Å². The average molecular weight is 884 g/mol. The first kappa shape index (κ1) is 40.4. The molecule has 322 valence electrons. The second kappa shape index (κ2) is 16.1.